The van der Waals surface area contributed by atoms with Crippen LogP contribution in [0.1, 0.15) is 16.8 Å². The van der Waals surface area contributed by atoms with Gasteiger partial charge in [0.25, 0.3) is 0 Å². The second-order valence-electron chi connectivity index (χ2n) is 3.58. The van der Waals surface area contributed by atoms with Gasteiger partial charge in [-0.25, -0.2) is 0 Å². The highest BCUT2D eigenvalue weighted by atomic mass is 16.5. The average Bonchev–Trinajstić information content (AvgIpc) is 2.37. The average molecular weight is 229 g/mol. The number of aromatic nitrogens is 1. The number of hydrogen-bond donors (Lipinski definition) is 0. The number of carbonyl (C=O) groups excluding carboxylic acids is 2. The van der Waals surface area contributed by atoms with Gasteiger partial charge in [-0.15, -0.1) is 0 Å². The number of esters is 1. The number of nitrogens with zero attached hydrogens (tertiary/aromatic N) is 1. The van der Waals surface area contributed by atoms with Crippen LogP contribution in [0, 0.1) is 0 Å². The maximum absolute atomic E-state index is 11.9. The molecule has 86 valence electrons. The van der Waals surface area contributed by atoms with Gasteiger partial charge in [-0.1, -0.05) is 24.3 Å². The SMILES string of the molecule is COC(=O)CC(=O)c1cncc2ccccc12. The van der Waals surface area contributed by atoms with Crippen LogP contribution in [0.5, 0.6) is 0 Å². The topological polar surface area (TPSA) is 56.3 Å². The van der Waals surface area contributed by atoms with E-state index in [4.69, 9.17) is 0 Å². The molecule has 0 aliphatic heterocycles. The van der Waals surface area contributed by atoms with Gasteiger partial charge < -0.3 is 4.74 Å². The molecule has 0 saturated carbocycles. The minimum Gasteiger partial charge on any atom is -0.469 e. The smallest absolute Gasteiger partial charge is 0.313 e. The maximum Gasteiger partial charge on any atom is 0.313 e. The van der Waals surface area contributed by atoms with Crippen LogP contribution in [-0.4, -0.2) is 23.8 Å². The number of carbonyl (C=O) groups is 2. The van der Waals surface area contributed by atoms with Crippen LogP contribution in [0.3, 0.4) is 0 Å². The first-order chi connectivity index (χ1) is 8.22. The zero-order valence-corrected chi connectivity index (χ0v) is 9.34. The quantitative estimate of drug-likeness (QED) is 0.458. The number of benzene rings is 1. The highest BCUT2D eigenvalue weighted by Gasteiger charge is 2.14. The Labute approximate surface area is 98.2 Å². The monoisotopic (exact) mass is 229 g/mol. The molecule has 0 saturated heterocycles. The molecule has 4 nitrogen and oxygen atoms in total. The Morgan fingerprint density at radius 3 is 2.76 bits per heavy atom. The van der Waals surface area contributed by atoms with Gasteiger partial charge >= 0.3 is 5.97 Å². The molecule has 0 atom stereocenters. The standard InChI is InChI=1S/C13H11NO3/c1-17-13(16)6-12(15)11-8-14-7-9-4-2-3-5-10(9)11/h2-5,7-8H,6H2,1H3. The minimum atomic E-state index is -0.539. The molecule has 0 fully saturated rings. The van der Waals surface area contributed by atoms with Crippen molar-refractivity contribution in [1.82, 2.24) is 4.98 Å². The van der Waals surface area contributed by atoms with Crippen LogP contribution in [-0.2, 0) is 9.53 Å². The Hall–Kier alpha value is -2.23. The molecule has 2 rings (SSSR count). The number of hydrogen-bond acceptors (Lipinski definition) is 4. The molecule has 0 bridgehead atoms. The molecule has 0 unspecified atom stereocenters. The number of methoxy groups -OCH3 is 1. The highest BCUT2D eigenvalue weighted by molar-refractivity contribution is 6.12. The van der Waals surface area contributed by atoms with E-state index in [9.17, 15) is 9.59 Å². The summed E-state index contributed by atoms with van der Waals surface area (Å²) in [5.41, 5.74) is 0.452. The lowest BCUT2D eigenvalue weighted by atomic mass is 10.0. The van der Waals surface area contributed by atoms with E-state index in [1.165, 1.54) is 13.3 Å². The zero-order valence-electron chi connectivity index (χ0n) is 9.34. The van der Waals surface area contributed by atoms with Crippen molar-refractivity contribution in [3.8, 4) is 0 Å². The molecule has 0 aliphatic carbocycles. The minimum absolute atomic E-state index is 0.258. The lowest BCUT2D eigenvalue weighted by molar-refractivity contribution is -0.139. The first kappa shape index (κ1) is 11.3. The van der Waals surface area contributed by atoms with Crippen molar-refractivity contribution in [2.24, 2.45) is 0 Å². The van der Waals surface area contributed by atoms with Gasteiger partial charge in [0.15, 0.2) is 5.78 Å². The van der Waals surface area contributed by atoms with Crippen LogP contribution in [0.15, 0.2) is 36.7 Å². The van der Waals surface area contributed by atoms with Gasteiger partial charge in [0.1, 0.15) is 6.42 Å². The van der Waals surface area contributed by atoms with E-state index in [-0.39, 0.29) is 12.2 Å². The van der Waals surface area contributed by atoms with Gasteiger partial charge in [-0.3, -0.25) is 14.6 Å². The normalized spacial score (nSPS) is 10.2. The van der Waals surface area contributed by atoms with Crippen LogP contribution in [0.2, 0.25) is 0 Å². The van der Waals surface area contributed by atoms with Gasteiger partial charge in [0.05, 0.1) is 7.11 Å². The van der Waals surface area contributed by atoms with E-state index < -0.39 is 5.97 Å². The van der Waals surface area contributed by atoms with Gasteiger partial charge in [0, 0.05) is 23.3 Å². The Bertz CT molecular complexity index is 572. The zero-order chi connectivity index (χ0) is 12.3. The summed E-state index contributed by atoms with van der Waals surface area (Å²) in [6, 6.07) is 7.43. The highest BCUT2D eigenvalue weighted by Crippen LogP contribution is 2.18. The van der Waals surface area contributed by atoms with Gasteiger partial charge in [-0.05, 0) is 5.39 Å². The fourth-order valence-corrected chi connectivity index (χ4v) is 1.64. The molecule has 0 aliphatic rings. The van der Waals surface area contributed by atoms with Crippen molar-refractivity contribution < 1.29 is 14.3 Å². The van der Waals surface area contributed by atoms with Crippen molar-refractivity contribution in [3.05, 3.63) is 42.2 Å². The summed E-state index contributed by atoms with van der Waals surface area (Å²) in [6.45, 7) is 0. The van der Waals surface area contributed by atoms with E-state index in [2.05, 4.69) is 9.72 Å². The first-order valence-corrected chi connectivity index (χ1v) is 5.15. The summed E-state index contributed by atoms with van der Waals surface area (Å²) in [4.78, 5) is 26.9. The van der Waals surface area contributed by atoms with E-state index in [1.807, 2.05) is 24.3 Å². The van der Waals surface area contributed by atoms with Gasteiger partial charge in [-0.2, -0.15) is 0 Å². The number of rotatable bonds is 3. The second-order valence-corrected chi connectivity index (χ2v) is 3.58. The Morgan fingerprint density at radius 2 is 2.00 bits per heavy atom. The third-order valence-electron chi connectivity index (χ3n) is 2.50. The second kappa shape index (κ2) is 4.74. The Kier molecular flexibility index (Phi) is 3.14. The summed E-state index contributed by atoms with van der Waals surface area (Å²) < 4.78 is 4.47. The fraction of sp³-hybridized carbons (Fsp3) is 0.154. The van der Waals surface area contributed by atoms with E-state index in [1.54, 1.807) is 6.20 Å². The Balaban J connectivity index is 2.41. The molecule has 1 aromatic heterocycles. The number of pyridine rings is 1. The molecular weight excluding hydrogens is 218 g/mol. The Morgan fingerprint density at radius 1 is 1.24 bits per heavy atom. The molecule has 0 radical (unpaired) electrons. The fourth-order valence-electron chi connectivity index (χ4n) is 1.64. The lowest BCUT2D eigenvalue weighted by Crippen LogP contribution is -2.10. The summed E-state index contributed by atoms with van der Waals surface area (Å²) in [5.74, 6) is -0.816. The predicted octanol–water partition coefficient (Wildman–Crippen LogP) is 1.98. The third kappa shape index (κ3) is 2.30. The van der Waals surface area contributed by atoms with Crippen molar-refractivity contribution in [2.45, 2.75) is 6.42 Å². The maximum atomic E-state index is 11.9. The van der Waals surface area contributed by atoms with Crippen molar-refractivity contribution in [2.75, 3.05) is 7.11 Å². The lowest BCUT2D eigenvalue weighted by Gasteiger charge is -2.04. The summed E-state index contributed by atoms with van der Waals surface area (Å²) in [7, 11) is 1.26. The summed E-state index contributed by atoms with van der Waals surface area (Å²) in [5, 5.41) is 1.68. The summed E-state index contributed by atoms with van der Waals surface area (Å²) in [6.07, 6.45) is 2.91. The number of ether oxygens (including phenoxy) is 1. The molecule has 17 heavy (non-hydrogen) atoms. The number of fused-ring (bicyclic) bond motifs is 1. The van der Waals surface area contributed by atoms with Gasteiger partial charge in [0.2, 0.25) is 0 Å². The number of ketones is 1. The molecule has 1 aromatic carbocycles. The third-order valence-corrected chi connectivity index (χ3v) is 2.50. The first-order valence-electron chi connectivity index (χ1n) is 5.15. The largest absolute Gasteiger partial charge is 0.469 e. The van der Waals surface area contributed by atoms with Crippen molar-refractivity contribution in [3.63, 3.8) is 0 Å². The van der Waals surface area contributed by atoms with Crippen LogP contribution in [0.25, 0.3) is 10.8 Å². The molecule has 0 N–H and O–H groups in total. The molecule has 2 aromatic rings. The molecule has 0 spiro atoms. The number of Topliss-reactive ketones (excluding diaryl/α,β-unsaturated/α-hetero) is 1. The predicted molar refractivity (Wildman–Crippen MR) is 62.7 cm³/mol. The van der Waals surface area contributed by atoms with E-state index >= 15 is 0 Å². The van der Waals surface area contributed by atoms with Crippen LogP contribution in [0.4, 0.5) is 0 Å². The van der Waals surface area contributed by atoms with Crippen LogP contribution >= 0.6 is 0 Å². The summed E-state index contributed by atoms with van der Waals surface area (Å²) >= 11 is 0. The molecule has 1 heterocycles. The van der Waals surface area contributed by atoms with Crippen LogP contribution < -0.4 is 0 Å². The molecular formula is C13H11NO3. The van der Waals surface area contributed by atoms with Crippen molar-refractivity contribution >= 4 is 22.5 Å². The van der Waals surface area contributed by atoms with E-state index in [0.717, 1.165) is 10.8 Å². The van der Waals surface area contributed by atoms with E-state index in [0.29, 0.717) is 5.56 Å². The molecule has 0 amide bonds. The molecule has 4 heteroatoms. The van der Waals surface area contributed by atoms with Crippen molar-refractivity contribution in [1.29, 1.82) is 0 Å².